The van der Waals surface area contributed by atoms with Gasteiger partial charge in [-0.05, 0) is 24.6 Å². The summed E-state index contributed by atoms with van der Waals surface area (Å²) >= 11 is 0. The van der Waals surface area contributed by atoms with Crippen molar-refractivity contribution < 1.29 is 9.53 Å². The van der Waals surface area contributed by atoms with E-state index in [4.69, 9.17) is 4.74 Å². The number of nitrogens with zero attached hydrogens (tertiary/aromatic N) is 2. The van der Waals surface area contributed by atoms with Gasteiger partial charge in [0.15, 0.2) is 11.6 Å². The Balaban J connectivity index is 0.00000200. The quantitative estimate of drug-likeness (QED) is 0.527. The van der Waals surface area contributed by atoms with Gasteiger partial charge in [0.25, 0.3) is 0 Å². The summed E-state index contributed by atoms with van der Waals surface area (Å²) in [4.78, 5) is 13.6. The summed E-state index contributed by atoms with van der Waals surface area (Å²) in [7, 11) is 0. The number of nitrogens with one attached hydrogen (secondary N) is 1. The molecule has 1 aromatic rings. The summed E-state index contributed by atoms with van der Waals surface area (Å²) in [5, 5.41) is 4.25. The first-order chi connectivity index (χ1) is 9.16. The van der Waals surface area contributed by atoms with Crippen molar-refractivity contribution in [2.24, 2.45) is 5.10 Å². The van der Waals surface area contributed by atoms with Crippen molar-refractivity contribution in [3.63, 3.8) is 0 Å². The van der Waals surface area contributed by atoms with E-state index < -0.39 is 0 Å². The first-order valence-corrected chi connectivity index (χ1v) is 6.41. The molecule has 0 amide bonds. The van der Waals surface area contributed by atoms with Crippen LogP contribution in [0.3, 0.4) is 0 Å². The van der Waals surface area contributed by atoms with Crippen LogP contribution >= 0.6 is 12.4 Å². The van der Waals surface area contributed by atoms with Crippen molar-refractivity contribution >= 4 is 29.7 Å². The molecule has 0 aromatic heterocycles. The minimum Gasteiger partial charge on any atom is -0.378 e. The highest BCUT2D eigenvalue weighted by molar-refractivity contribution is 6.37. The summed E-state index contributed by atoms with van der Waals surface area (Å²) in [5.41, 5.74) is 4.98. The number of aryl methyl sites for hydroxylation is 1. The summed E-state index contributed by atoms with van der Waals surface area (Å²) in [6, 6.07) is 7.88. The molecule has 0 atom stereocenters. The largest absolute Gasteiger partial charge is 0.378 e. The number of rotatable bonds is 3. The molecule has 0 saturated carbocycles. The van der Waals surface area contributed by atoms with Crippen LogP contribution in [0.4, 0.5) is 5.69 Å². The molecular formula is C14H20ClN3O2. The maximum Gasteiger partial charge on any atom is 0.196 e. The molecule has 1 aliphatic heterocycles. The van der Waals surface area contributed by atoms with Gasteiger partial charge in [-0.2, -0.15) is 5.10 Å². The molecule has 0 radical (unpaired) electrons. The zero-order valence-electron chi connectivity index (χ0n) is 11.8. The Morgan fingerprint density at radius 1 is 1.35 bits per heavy atom. The summed E-state index contributed by atoms with van der Waals surface area (Å²) in [6.07, 6.45) is 0. The van der Waals surface area contributed by atoms with Crippen molar-refractivity contribution in [3.8, 4) is 0 Å². The molecule has 6 heteroatoms. The van der Waals surface area contributed by atoms with Crippen molar-refractivity contribution in [2.75, 3.05) is 31.7 Å². The molecule has 1 N–H and O–H groups in total. The van der Waals surface area contributed by atoms with Crippen LogP contribution < -0.4 is 5.43 Å². The van der Waals surface area contributed by atoms with E-state index in [0.717, 1.165) is 11.3 Å². The van der Waals surface area contributed by atoms with Crippen LogP contribution in [0, 0.1) is 6.92 Å². The molecule has 0 spiro atoms. The highest BCUT2D eigenvalue weighted by atomic mass is 35.5. The number of anilines is 1. The summed E-state index contributed by atoms with van der Waals surface area (Å²) < 4.78 is 5.28. The van der Waals surface area contributed by atoms with Crippen LogP contribution in [0.15, 0.2) is 29.4 Å². The minimum atomic E-state index is -0.0398. The zero-order chi connectivity index (χ0) is 13.7. The van der Waals surface area contributed by atoms with E-state index in [1.807, 2.05) is 36.1 Å². The molecular weight excluding hydrogens is 278 g/mol. The predicted octanol–water partition coefficient (Wildman–Crippen LogP) is 2.06. The summed E-state index contributed by atoms with van der Waals surface area (Å²) in [6.45, 7) is 6.23. The molecule has 0 bridgehead atoms. The zero-order valence-corrected chi connectivity index (χ0v) is 12.6. The maximum absolute atomic E-state index is 11.7. The van der Waals surface area contributed by atoms with Gasteiger partial charge >= 0.3 is 0 Å². The Morgan fingerprint density at radius 3 is 2.65 bits per heavy atom. The Labute approximate surface area is 125 Å². The van der Waals surface area contributed by atoms with E-state index in [-0.39, 0.29) is 18.2 Å². The molecule has 1 aliphatic rings. The Kier molecular flexibility index (Phi) is 6.48. The normalized spacial score (nSPS) is 15.5. The van der Waals surface area contributed by atoms with Crippen LogP contribution in [0.25, 0.3) is 0 Å². The molecule has 2 rings (SSSR count). The van der Waals surface area contributed by atoms with Gasteiger partial charge in [0.2, 0.25) is 0 Å². The lowest BCUT2D eigenvalue weighted by molar-refractivity contribution is -0.112. The molecule has 1 fully saturated rings. The molecule has 110 valence electrons. The second kappa shape index (κ2) is 7.87. The van der Waals surface area contributed by atoms with Gasteiger partial charge in [0.1, 0.15) is 0 Å². The smallest absolute Gasteiger partial charge is 0.196 e. The van der Waals surface area contributed by atoms with E-state index in [9.17, 15) is 4.79 Å². The van der Waals surface area contributed by atoms with Crippen LogP contribution in [0.2, 0.25) is 0 Å². The fourth-order valence-electron chi connectivity index (χ4n) is 1.98. The van der Waals surface area contributed by atoms with Crippen LogP contribution in [0.5, 0.6) is 0 Å². The number of carbonyl (C=O) groups excluding carboxylic acids is 1. The van der Waals surface area contributed by atoms with Crippen molar-refractivity contribution in [3.05, 3.63) is 29.8 Å². The number of hydrazone groups is 1. The average Bonchev–Trinajstić information content (AvgIpc) is 2.40. The van der Waals surface area contributed by atoms with Crippen molar-refractivity contribution in [1.29, 1.82) is 0 Å². The number of morpholine rings is 1. The number of benzene rings is 1. The number of halogens is 1. The van der Waals surface area contributed by atoms with Crippen LogP contribution in [0.1, 0.15) is 12.5 Å². The third-order valence-corrected chi connectivity index (χ3v) is 2.93. The number of hydrogen-bond acceptors (Lipinski definition) is 4. The standard InChI is InChI=1S/C14H19N3O2.ClH/c1-11-4-3-5-13(10-11)15-16-14(12(2)18)17-6-8-19-9-7-17;/h3-5,10,15H,6-9H2,1-2H3;1H. The van der Waals surface area contributed by atoms with Crippen molar-refractivity contribution in [2.45, 2.75) is 13.8 Å². The monoisotopic (exact) mass is 297 g/mol. The Bertz CT molecular complexity index is 485. The number of ether oxygens (including phenoxy) is 1. The number of Topliss-reactive ketones (excluding diaryl/α,β-unsaturated/α-hetero) is 1. The second-order valence-corrected chi connectivity index (χ2v) is 4.57. The third-order valence-electron chi connectivity index (χ3n) is 2.93. The Hall–Kier alpha value is -1.59. The number of carbonyl (C=O) groups is 1. The van der Waals surface area contributed by atoms with E-state index >= 15 is 0 Å². The molecule has 1 aromatic carbocycles. The van der Waals surface area contributed by atoms with E-state index in [0.29, 0.717) is 32.1 Å². The first kappa shape index (κ1) is 16.5. The SMILES string of the molecule is CC(=O)C(=NNc1cccc(C)c1)N1CCOCC1.Cl. The number of amidine groups is 1. The van der Waals surface area contributed by atoms with E-state index in [1.54, 1.807) is 0 Å². The Morgan fingerprint density at radius 2 is 2.05 bits per heavy atom. The highest BCUT2D eigenvalue weighted by Gasteiger charge is 2.18. The van der Waals surface area contributed by atoms with Gasteiger partial charge in [0, 0.05) is 20.0 Å². The lowest BCUT2D eigenvalue weighted by atomic mass is 10.2. The lowest BCUT2D eigenvalue weighted by Crippen LogP contribution is -2.44. The minimum absolute atomic E-state index is 0. The van der Waals surface area contributed by atoms with Gasteiger partial charge in [-0.25, -0.2) is 0 Å². The topological polar surface area (TPSA) is 53.9 Å². The van der Waals surface area contributed by atoms with Gasteiger partial charge in [-0.15, -0.1) is 12.4 Å². The van der Waals surface area contributed by atoms with Gasteiger partial charge in [0.05, 0.1) is 18.9 Å². The van der Waals surface area contributed by atoms with Gasteiger partial charge in [-0.1, -0.05) is 12.1 Å². The fourth-order valence-corrected chi connectivity index (χ4v) is 1.98. The predicted molar refractivity (Wildman–Crippen MR) is 82.6 cm³/mol. The van der Waals surface area contributed by atoms with Crippen molar-refractivity contribution in [1.82, 2.24) is 4.90 Å². The molecule has 20 heavy (non-hydrogen) atoms. The molecule has 1 saturated heterocycles. The highest BCUT2D eigenvalue weighted by Crippen LogP contribution is 2.10. The van der Waals surface area contributed by atoms with Gasteiger partial charge in [-0.3, -0.25) is 10.2 Å². The fraction of sp³-hybridized carbons (Fsp3) is 0.429. The molecule has 5 nitrogen and oxygen atoms in total. The number of hydrogen-bond donors (Lipinski definition) is 1. The number of ketones is 1. The van der Waals surface area contributed by atoms with Crippen LogP contribution in [-0.2, 0) is 9.53 Å². The third kappa shape index (κ3) is 4.51. The maximum atomic E-state index is 11.7. The molecule has 0 aliphatic carbocycles. The summed E-state index contributed by atoms with van der Waals surface area (Å²) in [5.74, 6) is 0.423. The lowest BCUT2D eigenvalue weighted by Gasteiger charge is -2.28. The average molecular weight is 298 g/mol. The molecule has 0 unspecified atom stereocenters. The van der Waals surface area contributed by atoms with Crippen LogP contribution in [-0.4, -0.2) is 42.8 Å². The van der Waals surface area contributed by atoms with Gasteiger partial charge < -0.3 is 9.64 Å². The van der Waals surface area contributed by atoms with E-state index in [1.165, 1.54) is 6.92 Å². The molecule has 1 heterocycles. The van der Waals surface area contributed by atoms with E-state index in [2.05, 4.69) is 10.5 Å². The first-order valence-electron chi connectivity index (χ1n) is 6.41. The second-order valence-electron chi connectivity index (χ2n) is 4.57.